The van der Waals surface area contributed by atoms with Crippen molar-refractivity contribution < 1.29 is 4.79 Å². The predicted molar refractivity (Wildman–Crippen MR) is 70.4 cm³/mol. The van der Waals surface area contributed by atoms with Gasteiger partial charge in [-0.3, -0.25) is 9.59 Å². The molecule has 1 aliphatic rings. The smallest absolute Gasteiger partial charge is 0.262 e. The number of carbonyl (C=O) groups is 1. The van der Waals surface area contributed by atoms with Crippen LogP contribution in [0.15, 0.2) is 29.6 Å². The number of carbonyl (C=O) groups excluding carboxylic acids is 1. The summed E-state index contributed by atoms with van der Waals surface area (Å²) in [6, 6.07) is 1.45. The van der Waals surface area contributed by atoms with Gasteiger partial charge in [0, 0.05) is 18.8 Å². The van der Waals surface area contributed by atoms with Crippen LogP contribution in [0, 0.1) is 0 Å². The van der Waals surface area contributed by atoms with E-state index in [4.69, 9.17) is 0 Å². The maximum Gasteiger partial charge on any atom is 0.262 e. The molecule has 4 rings (SSSR count). The van der Waals surface area contributed by atoms with E-state index in [1.54, 1.807) is 12.3 Å². The van der Waals surface area contributed by atoms with Gasteiger partial charge in [-0.25, -0.2) is 4.98 Å². The molecule has 0 aromatic carbocycles. The van der Waals surface area contributed by atoms with Crippen LogP contribution in [0.1, 0.15) is 25.3 Å². The van der Waals surface area contributed by atoms with E-state index in [0.29, 0.717) is 23.1 Å². The van der Waals surface area contributed by atoms with Crippen LogP contribution in [0.2, 0.25) is 0 Å². The van der Waals surface area contributed by atoms with Crippen LogP contribution in [0.4, 0.5) is 0 Å². The van der Waals surface area contributed by atoms with Crippen LogP contribution in [0.5, 0.6) is 0 Å². The minimum absolute atomic E-state index is 0.126. The first-order chi connectivity index (χ1) is 9.75. The lowest BCUT2D eigenvalue weighted by Crippen LogP contribution is -2.27. The van der Waals surface area contributed by atoms with Crippen LogP contribution in [-0.2, 0) is 4.79 Å². The van der Waals surface area contributed by atoms with Crippen molar-refractivity contribution in [2.45, 2.75) is 25.3 Å². The molecule has 0 amide bonds. The fourth-order valence-corrected chi connectivity index (χ4v) is 2.82. The Morgan fingerprint density at radius 1 is 1.25 bits per heavy atom. The number of aromatic nitrogens is 5. The number of rotatable bonds is 1. The van der Waals surface area contributed by atoms with Gasteiger partial charge in [0.05, 0.1) is 16.9 Å². The number of fused-ring (bicyclic) bond motifs is 3. The summed E-state index contributed by atoms with van der Waals surface area (Å²) < 4.78 is 3.04. The molecule has 1 aliphatic carbocycles. The summed E-state index contributed by atoms with van der Waals surface area (Å²) in [5, 5.41) is 4.51. The zero-order valence-corrected chi connectivity index (χ0v) is 10.6. The average molecular weight is 269 g/mol. The van der Waals surface area contributed by atoms with Crippen molar-refractivity contribution in [1.82, 2.24) is 24.1 Å². The third kappa shape index (κ3) is 1.43. The maximum atomic E-state index is 12.5. The number of Topliss-reactive ketones (excluding diaryl/α,β-unsaturated/α-hetero) is 1. The second-order valence-electron chi connectivity index (χ2n) is 4.93. The van der Waals surface area contributed by atoms with Crippen molar-refractivity contribution in [3.05, 3.63) is 35.1 Å². The van der Waals surface area contributed by atoms with E-state index in [1.807, 2.05) is 0 Å². The molecule has 0 unspecified atom stereocenters. The Bertz CT molecular complexity index is 895. The average Bonchev–Trinajstić information content (AvgIpc) is 3.08. The van der Waals surface area contributed by atoms with E-state index in [1.165, 1.54) is 21.6 Å². The first kappa shape index (κ1) is 11.3. The molecule has 0 spiro atoms. The topological polar surface area (TPSA) is 82.2 Å². The van der Waals surface area contributed by atoms with Crippen LogP contribution >= 0.6 is 0 Å². The molecule has 1 saturated carbocycles. The minimum atomic E-state index is -0.335. The normalized spacial score (nSPS) is 19.2. The largest absolute Gasteiger partial charge is 0.304 e. The first-order valence-corrected chi connectivity index (χ1v) is 6.48. The van der Waals surface area contributed by atoms with Gasteiger partial charge in [0.1, 0.15) is 6.33 Å². The number of hydrogen-bond acceptors (Lipinski definition) is 5. The quantitative estimate of drug-likeness (QED) is 0.650. The summed E-state index contributed by atoms with van der Waals surface area (Å²) in [5.41, 5.74) is 0.451. The number of hydrogen-bond donors (Lipinski definition) is 0. The zero-order chi connectivity index (χ0) is 13.7. The lowest BCUT2D eigenvalue weighted by Gasteiger charge is -2.12. The van der Waals surface area contributed by atoms with Gasteiger partial charge in [0.15, 0.2) is 5.78 Å². The zero-order valence-electron chi connectivity index (χ0n) is 10.6. The molecule has 0 saturated heterocycles. The Hall–Kier alpha value is -2.57. The monoisotopic (exact) mass is 269 g/mol. The summed E-state index contributed by atoms with van der Waals surface area (Å²) in [7, 11) is 0. The van der Waals surface area contributed by atoms with Gasteiger partial charge >= 0.3 is 0 Å². The summed E-state index contributed by atoms with van der Waals surface area (Å²) in [5.74, 6) is 0.577. The number of pyridine rings is 1. The molecule has 3 aromatic rings. The molecule has 0 aliphatic heterocycles. The standard InChI is InChI=1S/C13H11N5O2/c19-11-3-1-2-10(11)17-5-4-9-8(12(17)20)6-14-13-15-7-16-18(9)13/h4-7,10H,1-3H2/t10-/m1/s1. The van der Waals surface area contributed by atoms with Gasteiger partial charge in [-0.05, 0) is 18.9 Å². The fourth-order valence-electron chi connectivity index (χ4n) is 2.82. The van der Waals surface area contributed by atoms with E-state index in [2.05, 4.69) is 15.1 Å². The lowest BCUT2D eigenvalue weighted by molar-refractivity contribution is -0.120. The molecule has 7 nitrogen and oxygen atoms in total. The Morgan fingerprint density at radius 3 is 2.95 bits per heavy atom. The third-order valence-corrected chi connectivity index (χ3v) is 3.81. The van der Waals surface area contributed by atoms with Crippen LogP contribution in [0.3, 0.4) is 0 Å². The molecular formula is C13H11N5O2. The molecule has 7 heteroatoms. The van der Waals surface area contributed by atoms with E-state index < -0.39 is 0 Å². The highest BCUT2D eigenvalue weighted by Crippen LogP contribution is 2.25. The summed E-state index contributed by atoms with van der Waals surface area (Å²) in [4.78, 5) is 32.5. The highest BCUT2D eigenvalue weighted by atomic mass is 16.1. The highest BCUT2D eigenvalue weighted by molar-refractivity contribution is 5.85. The van der Waals surface area contributed by atoms with Crippen LogP contribution < -0.4 is 5.56 Å². The van der Waals surface area contributed by atoms with E-state index in [-0.39, 0.29) is 17.4 Å². The molecule has 0 N–H and O–H groups in total. The molecular weight excluding hydrogens is 258 g/mol. The van der Waals surface area contributed by atoms with Crippen LogP contribution in [0.25, 0.3) is 16.7 Å². The lowest BCUT2D eigenvalue weighted by atomic mass is 10.2. The second kappa shape index (κ2) is 3.96. The summed E-state index contributed by atoms with van der Waals surface area (Å²) in [6.45, 7) is 0. The Morgan fingerprint density at radius 2 is 2.15 bits per heavy atom. The Kier molecular flexibility index (Phi) is 2.23. The molecule has 20 heavy (non-hydrogen) atoms. The second-order valence-corrected chi connectivity index (χ2v) is 4.93. The number of nitrogens with zero attached hydrogens (tertiary/aromatic N) is 5. The molecule has 3 aromatic heterocycles. The van der Waals surface area contributed by atoms with Crippen molar-refractivity contribution in [2.75, 3.05) is 0 Å². The van der Waals surface area contributed by atoms with Crippen molar-refractivity contribution in [3.8, 4) is 0 Å². The molecule has 1 fully saturated rings. The van der Waals surface area contributed by atoms with E-state index >= 15 is 0 Å². The van der Waals surface area contributed by atoms with Gasteiger partial charge in [-0.15, -0.1) is 0 Å². The first-order valence-electron chi connectivity index (χ1n) is 6.48. The maximum absolute atomic E-state index is 12.5. The van der Waals surface area contributed by atoms with Crippen molar-refractivity contribution in [2.24, 2.45) is 0 Å². The van der Waals surface area contributed by atoms with Crippen molar-refractivity contribution in [3.63, 3.8) is 0 Å². The summed E-state index contributed by atoms with van der Waals surface area (Å²) >= 11 is 0. The predicted octanol–water partition coefficient (Wildman–Crippen LogP) is 0.733. The molecule has 1 atom stereocenters. The molecule has 0 bridgehead atoms. The van der Waals surface area contributed by atoms with Crippen molar-refractivity contribution in [1.29, 1.82) is 0 Å². The van der Waals surface area contributed by atoms with Gasteiger partial charge in [0.2, 0.25) is 0 Å². The molecule has 100 valence electrons. The summed E-state index contributed by atoms with van der Waals surface area (Å²) in [6.07, 6.45) is 6.68. The molecule has 3 heterocycles. The third-order valence-electron chi connectivity index (χ3n) is 3.81. The van der Waals surface area contributed by atoms with Gasteiger partial charge in [0.25, 0.3) is 11.3 Å². The van der Waals surface area contributed by atoms with E-state index in [9.17, 15) is 9.59 Å². The van der Waals surface area contributed by atoms with Gasteiger partial charge < -0.3 is 4.57 Å². The minimum Gasteiger partial charge on any atom is -0.304 e. The SMILES string of the molecule is O=C1CCC[C@H]1n1ccc2c(cnc3ncnn32)c1=O. The number of ketones is 1. The van der Waals surface area contributed by atoms with Gasteiger partial charge in [-0.2, -0.15) is 14.6 Å². The molecule has 0 radical (unpaired) electrons. The Balaban J connectivity index is 2.01. The Labute approximate surface area is 112 Å². The van der Waals surface area contributed by atoms with E-state index in [0.717, 1.165) is 12.8 Å². The fraction of sp³-hybridized carbons (Fsp3) is 0.308. The van der Waals surface area contributed by atoms with Gasteiger partial charge in [-0.1, -0.05) is 0 Å². The van der Waals surface area contributed by atoms with Crippen molar-refractivity contribution >= 4 is 22.5 Å². The van der Waals surface area contributed by atoms with Crippen LogP contribution in [-0.4, -0.2) is 29.9 Å². The highest BCUT2D eigenvalue weighted by Gasteiger charge is 2.27.